The first-order valence-electron chi connectivity index (χ1n) is 7.74. The predicted molar refractivity (Wildman–Crippen MR) is 84.2 cm³/mol. The molecule has 0 spiro atoms. The first kappa shape index (κ1) is 16.4. The normalized spacial score (nSPS) is 21.4. The third-order valence-electron chi connectivity index (χ3n) is 4.51. The van der Waals surface area contributed by atoms with E-state index < -0.39 is 4.92 Å². The van der Waals surface area contributed by atoms with E-state index in [2.05, 4.69) is 5.32 Å². The number of rotatable bonds is 5. The number of nitro groups is 1. The predicted octanol–water partition coefficient (Wildman–Crippen LogP) is 2.43. The maximum atomic E-state index is 12.1. The molecule has 0 radical (unpaired) electrons. The van der Waals surface area contributed by atoms with Crippen LogP contribution in [0.2, 0.25) is 0 Å². The van der Waals surface area contributed by atoms with Gasteiger partial charge in [-0.2, -0.15) is 0 Å². The molecule has 1 aliphatic carbocycles. The van der Waals surface area contributed by atoms with E-state index in [0.717, 1.165) is 31.2 Å². The highest BCUT2D eigenvalue weighted by atomic mass is 16.6. The van der Waals surface area contributed by atoms with Crippen molar-refractivity contribution in [1.82, 2.24) is 5.32 Å². The van der Waals surface area contributed by atoms with E-state index in [1.165, 1.54) is 6.07 Å². The molecule has 0 aliphatic heterocycles. The Morgan fingerprint density at radius 1 is 1.41 bits per heavy atom. The molecule has 1 amide bonds. The first-order valence-corrected chi connectivity index (χ1v) is 7.74. The number of nitrogens with one attached hydrogen (secondary N) is 1. The summed E-state index contributed by atoms with van der Waals surface area (Å²) in [6.07, 6.45) is 4.71. The summed E-state index contributed by atoms with van der Waals surface area (Å²) in [5, 5.41) is 13.8. The molecule has 3 N–H and O–H groups in total. The minimum absolute atomic E-state index is 0.0340. The van der Waals surface area contributed by atoms with Crippen LogP contribution < -0.4 is 11.1 Å². The van der Waals surface area contributed by atoms with Gasteiger partial charge in [0.2, 0.25) is 5.91 Å². The van der Waals surface area contributed by atoms with Crippen LogP contribution in [0.4, 0.5) is 5.69 Å². The van der Waals surface area contributed by atoms with Crippen LogP contribution in [0.1, 0.15) is 43.2 Å². The fourth-order valence-corrected chi connectivity index (χ4v) is 3.05. The summed E-state index contributed by atoms with van der Waals surface area (Å²) in [4.78, 5) is 22.6. The molecule has 1 aromatic rings. The summed E-state index contributed by atoms with van der Waals surface area (Å²) in [7, 11) is 0. The van der Waals surface area contributed by atoms with Crippen LogP contribution in [-0.2, 0) is 11.3 Å². The number of carbonyl (C=O) groups excluding carboxylic acids is 1. The highest BCUT2D eigenvalue weighted by Gasteiger charge is 2.24. The highest BCUT2D eigenvalue weighted by Crippen LogP contribution is 2.25. The second-order valence-electron chi connectivity index (χ2n) is 6.01. The van der Waals surface area contributed by atoms with Crippen molar-refractivity contribution < 1.29 is 9.72 Å². The fraction of sp³-hybridized carbons (Fsp3) is 0.562. The van der Waals surface area contributed by atoms with E-state index in [4.69, 9.17) is 5.73 Å². The summed E-state index contributed by atoms with van der Waals surface area (Å²) in [6, 6.07) is 5.03. The molecule has 0 saturated heterocycles. The Kier molecular flexibility index (Phi) is 5.49. The Labute approximate surface area is 130 Å². The van der Waals surface area contributed by atoms with Gasteiger partial charge in [0.1, 0.15) is 0 Å². The van der Waals surface area contributed by atoms with Crippen LogP contribution in [0, 0.1) is 23.0 Å². The topological polar surface area (TPSA) is 98.3 Å². The van der Waals surface area contributed by atoms with E-state index in [9.17, 15) is 14.9 Å². The van der Waals surface area contributed by atoms with Crippen LogP contribution in [0.15, 0.2) is 18.2 Å². The highest BCUT2D eigenvalue weighted by molar-refractivity contribution is 5.76. The van der Waals surface area contributed by atoms with Gasteiger partial charge in [-0.1, -0.05) is 25.0 Å². The van der Waals surface area contributed by atoms with Crippen molar-refractivity contribution in [3.05, 3.63) is 39.4 Å². The van der Waals surface area contributed by atoms with Crippen molar-refractivity contribution in [3.63, 3.8) is 0 Å². The number of nitro benzene ring substituents is 1. The van der Waals surface area contributed by atoms with Crippen molar-refractivity contribution in [2.45, 2.75) is 51.6 Å². The lowest BCUT2D eigenvalue weighted by molar-refractivity contribution is -0.385. The number of nitrogens with two attached hydrogens (primary N) is 1. The van der Waals surface area contributed by atoms with Crippen LogP contribution in [0.5, 0.6) is 0 Å². The van der Waals surface area contributed by atoms with E-state index in [0.29, 0.717) is 18.5 Å². The zero-order valence-corrected chi connectivity index (χ0v) is 12.9. The van der Waals surface area contributed by atoms with Crippen LogP contribution in [0.3, 0.4) is 0 Å². The molecule has 6 heteroatoms. The van der Waals surface area contributed by atoms with Gasteiger partial charge in [0.25, 0.3) is 5.69 Å². The summed E-state index contributed by atoms with van der Waals surface area (Å²) >= 11 is 0. The molecule has 1 aromatic carbocycles. The number of carbonyl (C=O) groups is 1. The summed E-state index contributed by atoms with van der Waals surface area (Å²) in [5.74, 6) is 0.216. The molecule has 1 fully saturated rings. The Morgan fingerprint density at radius 3 is 2.82 bits per heavy atom. The first-order chi connectivity index (χ1) is 10.5. The SMILES string of the molecule is Cc1c(CNC(=O)CC2CCCCC2N)cccc1[N+](=O)[O-]. The number of amides is 1. The van der Waals surface area contributed by atoms with Gasteiger partial charge in [0, 0.05) is 30.6 Å². The molecule has 2 unspecified atom stereocenters. The molecule has 6 nitrogen and oxygen atoms in total. The molecule has 22 heavy (non-hydrogen) atoms. The van der Waals surface area contributed by atoms with Crippen molar-refractivity contribution in [3.8, 4) is 0 Å². The third-order valence-corrected chi connectivity index (χ3v) is 4.51. The fourth-order valence-electron chi connectivity index (χ4n) is 3.05. The molecular weight excluding hydrogens is 282 g/mol. The molecule has 0 heterocycles. The summed E-state index contributed by atoms with van der Waals surface area (Å²) in [5.41, 5.74) is 7.51. The van der Waals surface area contributed by atoms with Gasteiger partial charge in [-0.05, 0) is 31.2 Å². The van der Waals surface area contributed by atoms with E-state index in [-0.39, 0.29) is 23.6 Å². The molecule has 2 atom stereocenters. The monoisotopic (exact) mass is 305 g/mol. The molecule has 2 rings (SSSR count). The van der Waals surface area contributed by atoms with Gasteiger partial charge in [-0.25, -0.2) is 0 Å². The number of hydrogen-bond donors (Lipinski definition) is 2. The number of hydrogen-bond acceptors (Lipinski definition) is 4. The average Bonchev–Trinajstić information content (AvgIpc) is 2.48. The van der Waals surface area contributed by atoms with Gasteiger partial charge < -0.3 is 11.1 Å². The second kappa shape index (κ2) is 7.35. The maximum Gasteiger partial charge on any atom is 0.272 e. The summed E-state index contributed by atoms with van der Waals surface area (Å²) < 4.78 is 0. The minimum atomic E-state index is -0.401. The lowest BCUT2D eigenvalue weighted by atomic mass is 9.83. The maximum absolute atomic E-state index is 12.1. The molecular formula is C16H23N3O3. The molecule has 1 aliphatic rings. The van der Waals surface area contributed by atoms with Crippen LogP contribution >= 0.6 is 0 Å². The lowest BCUT2D eigenvalue weighted by Crippen LogP contribution is -2.37. The average molecular weight is 305 g/mol. The molecule has 120 valence electrons. The van der Waals surface area contributed by atoms with Crippen molar-refractivity contribution in [2.24, 2.45) is 11.7 Å². The van der Waals surface area contributed by atoms with E-state index in [1.54, 1.807) is 19.1 Å². The van der Waals surface area contributed by atoms with Crippen molar-refractivity contribution in [2.75, 3.05) is 0 Å². The Hall–Kier alpha value is -1.95. The van der Waals surface area contributed by atoms with Crippen LogP contribution in [-0.4, -0.2) is 16.9 Å². The number of benzene rings is 1. The number of nitrogens with zero attached hydrogens (tertiary/aromatic N) is 1. The Balaban J connectivity index is 1.91. The Bertz CT molecular complexity index is 560. The third kappa shape index (κ3) is 4.04. The standard InChI is InChI=1S/C16H23N3O3/c1-11-13(6-4-8-15(11)19(21)22)10-18-16(20)9-12-5-2-3-7-14(12)17/h4,6,8,12,14H,2-3,5,7,9-10,17H2,1H3,(H,18,20). The van der Waals surface area contributed by atoms with Gasteiger partial charge in [0.05, 0.1) is 4.92 Å². The molecule has 0 bridgehead atoms. The Morgan fingerprint density at radius 2 is 2.14 bits per heavy atom. The van der Waals surface area contributed by atoms with Crippen LogP contribution in [0.25, 0.3) is 0 Å². The molecule has 1 saturated carbocycles. The van der Waals surface area contributed by atoms with Gasteiger partial charge in [0.15, 0.2) is 0 Å². The van der Waals surface area contributed by atoms with Gasteiger partial charge in [-0.15, -0.1) is 0 Å². The molecule has 0 aromatic heterocycles. The van der Waals surface area contributed by atoms with Gasteiger partial charge >= 0.3 is 0 Å². The van der Waals surface area contributed by atoms with Crippen molar-refractivity contribution in [1.29, 1.82) is 0 Å². The minimum Gasteiger partial charge on any atom is -0.352 e. The zero-order valence-electron chi connectivity index (χ0n) is 12.9. The van der Waals surface area contributed by atoms with Gasteiger partial charge in [-0.3, -0.25) is 14.9 Å². The summed E-state index contributed by atoms with van der Waals surface area (Å²) in [6.45, 7) is 2.02. The van der Waals surface area contributed by atoms with Crippen molar-refractivity contribution >= 4 is 11.6 Å². The van der Waals surface area contributed by atoms with E-state index in [1.807, 2.05) is 0 Å². The van der Waals surface area contributed by atoms with E-state index >= 15 is 0 Å². The zero-order chi connectivity index (χ0) is 16.1. The largest absolute Gasteiger partial charge is 0.352 e. The second-order valence-corrected chi connectivity index (χ2v) is 6.01. The smallest absolute Gasteiger partial charge is 0.272 e. The quantitative estimate of drug-likeness (QED) is 0.644. The lowest BCUT2D eigenvalue weighted by Gasteiger charge is -2.28.